The third-order valence-corrected chi connectivity index (χ3v) is 4.67. The molecule has 0 spiro atoms. The Kier molecular flexibility index (Phi) is 7.66. The molecule has 0 saturated heterocycles. The number of hydrazine groups is 1. The molecule has 1 atom stereocenters. The Morgan fingerprint density at radius 1 is 1.04 bits per heavy atom. The SMILES string of the molecule is CCOc1ccc(OC(C)C(=O)NNC(=O)C2(NC(C)=O)CCCCC2)cc1. The largest absolute Gasteiger partial charge is 0.494 e. The molecule has 1 fully saturated rings. The summed E-state index contributed by atoms with van der Waals surface area (Å²) in [6.07, 6.45) is 2.99. The predicted octanol–water partition coefficient (Wildman–Crippen LogP) is 1.84. The highest BCUT2D eigenvalue weighted by atomic mass is 16.5. The molecule has 8 nitrogen and oxygen atoms in total. The van der Waals surface area contributed by atoms with Crippen LogP contribution in [0.5, 0.6) is 11.5 Å². The summed E-state index contributed by atoms with van der Waals surface area (Å²) in [6, 6.07) is 6.93. The summed E-state index contributed by atoms with van der Waals surface area (Å²) in [5, 5.41) is 2.76. The van der Waals surface area contributed by atoms with Crippen molar-refractivity contribution in [3.63, 3.8) is 0 Å². The number of rotatable bonds is 7. The molecule has 8 heteroatoms. The van der Waals surface area contributed by atoms with Crippen LogP contribution >= 0.6 is 0 Å². The van der Waals surface area contributed by atoms with Gasteiger partial charge in [0.15, 0.2) is 6.10 Å². The van der Waals surface area contributed by atoms with Gasteiger partial charge in [0.05, 0.1) is 6.61 Å². The lowest BCUT2D eigenvalue weighted by atomic mass is 9.81. The van der Waals surface area contributed by atoms with E-state index in [0.717, 1.165) is 25.0 Å². The predicted molar refractivity (Wildman–Crippen MR) is 104 cm³/mol. The van der Waals surface area contributed by atoms with Crippen LogP contribution in [0.2, 0.25) is 0 Å². The van der Waals surface area contributed by atoms with E-state index in [-0.39, 0.29) is 5.91 Å². The highest BCUT2D eigenvalue weighted by Gasteiger charge is 2.40. The molecule has 2 rings (SSSR count). The van der Waals surface area contributed by atoms with E-state index in [1.54, 1.807) is 31.2 Å². The fourth-order valence-electron chi connectivity index (χ4n) is 3.28. The summed E-state index contributed by atoms with van der Waals surface area (Å²) in [4.78, 5) is 36.4. The zero-order chi connectivity index (χ0) is 20.6. The number of amides is 3. The first-order chi connectivity index (χ1) is 13.4. The quantitative estimate of drug-likeness (QED) is 0.615. The number of carbonyl (C=O) groups is 3. The summed E-state index contributed by atoms with van der Waals surface area (Å²) < 4.78 is 10.9. The van der Waals surface area contributed by atoms with Crippen molar-refractivity contribution in [2.75, 3.05) is 6.61 Å². The molecule has 1 aliphatic rings. The van der Waals surface area contributed by atoms with Crippen LogP contribution in [0.25, 0.3) is 0 Å². The third-order valence-electron chi connectivity index (χ3n) is 4.67. The van der Waals surface area contributed by atoms with Crippen molar-refractivity contribution in [1.82, 2.24) is 16.2 Å². The Morgan fingerprint density at radius 2 is 1.64 bits per heavy atom. The molecule has 3 amide bonds. The topological polar surface area (TPSA) is 106 Å². The van der Waals surface area contributed by atoms with Crippen molar-refractivity contribution >= 4 is 17.7 Å². The van der Waals surface area contributed by atoms with E-state index >= 15 is 0 Å². The van der Waals surface area contributed by atoms with Crippen molar-refractivity contribution in [3.8, 4) is 11.5 Å². The van der Waals surface area contributed by atoms with E-state index in [2.05, 4.69) is 16.2 Å². The number of carbonyl (C=O) groups excluding carboxylic acids is 3. The van der Waals surface area contributed by atoms with Crippen LogP contribution < -0.4 is 25.6 Å². The van der Waals surface area contributed by atoms with E-state index in [1.165, 1.54) is 6.92 Å². The van der Waals surface area contributed by atoms with Gasteiger partial charge in [0.1, 0.15) is 17.0 Å². The lowest BCUT2D eigenvalue weighted by Crippen LogP contribution is -2.62. The zero-order valence-corrected chi connectivity index (χ0v) is 16.7. The lowest BCUT2D eigenvalue weighted by Gasteiger charge is -2.36. The minimum absolute atomic E-state index is 0.268. The standard InChI is InChI=1S/C20H29N3O5/c1-4-27-16-8-10-17(11-9-16)28-14(2)18(25)22-23-19(26)20(21-15(3)24)12-6-5-7-13-20/h8-11,14H,4-7,12-13H2,1-3H3,(H,21,24)(H,22,25)(H,23,26). The van der Waals surface area contributed by atoms with Crippen LogP contribution in [-0.4, -0.2) is 36.0 Å². The minimum atomic E-state index is -0.976. The maximum absolute atomic E-state index is 12.6. The van der Waals surface area contributed by atoms with Crippen LogP contribution in [0, 0.1) is 0 Å². The fourth-order valence-corrected chi connectivity index (χ4v) is 3.28. The van der Waals surface area contributed by atoms with Crippen molar-refractivity contribution in [2.24, 2.45) is 0 Å². The molecule has 1 aromatic rings. The average Bonchev–Trinajstić information content (AvgIpc) is 2.67. The first kappa shape index (κ1) is 21.5. The molecule has 1 aliphatic carbocycles. The molecule has 3 N–H and O–H groups in total. The summed E-state index contributed by atoms with van der Waals surface area (Å²) in [5.41, 5.74) is 3.85. The molecule has 1 saturated carbocycles. The Labute approximate surface area is 165 Å². The molecule has 0 aromatic heterocycles. The van der Waals surface area contributed by atoms with Gasteiger partial charge in [-0.1, -0.05) is 19.3 Å². The molecular formula is C20H29N3O5. The molecule has 0 aliphatic heterocycles. The smallest absolute Gasteiger partial charge is 0.279 e. The number of hydrogen-bond acceptors (Lipinski definition) is 5. The van der Waals surface area contributed by atoms with Crippen LogP contribution in [0.3, 0.4) is 0 Å². The summed E-state index contributed by atoms with van der Waals surface area (Å²) in [7, 11) is 0. The Balaban J connectivity index is 1.88. The second kappa shape index (κ2) is 9.96. The molecule has 0 radical (unpaired) electrons. The maximum Gasteiger partial charge on any atom is 0.279 e. The van der Waals surface area contributed by atoms with Crippen LogP contribution in [0.4, 0.5) is 0 Å². The van der Waals surface area contributed by atoms with E-state index in [1.807, 2.05) is 6.92 Å². The van der Waals surface area contributed by atoms with E-state index in [0.29, 0.717) is 25.2 Å². The van der Waals surface area contributed by atoms with Crippen molar-refractivity contribution in [1.29, 1.82) is 0 Å². The Hall–Kier alpha value is -2.77. The first-order valence-electron chi connectivity index (χ1n) is 9.65. The van der Waals surface area contributed by atoms with Crippen LogP contribution in [0.1, 0.15) is 52.9 Å². The number of hydrogen-bond donors (Lipinski definition) is 3. The molecule has 1 unspecified atom stereocenters. The monoisotopic (exact) mass is 391 g/mol. The van der Waals surface area contributed by atoms with Gasteiger partial charge in [-0.25, -0.2) is 0 Å². The fraction of sp³-hybridized carbons (Fsp3) is 0.550. The number of benzene rings is 1. The number of nitrogens with one attached hydrogen (secondary N) is 3. The summed E-state index contributed by atoms with van der Waals surface area (Å²) in [5.74, 6) is 0.0602. The second-order valence-corrected chi connectivity index (χ2v) is 6.93. The van der Waals surface area contributed by atoms with Crippen molar-refractivity contribution in [3.05, 3.63) is 24.3 Å². The third kappa shape index (κ3) is 5.87. The first-order valence-corrected chi connectivity index (χ1v) is 9.65. The van der Waals surface area contributed by atoms with Gasteiger partial charge in [-0.15, -0.1) is 0 Å². The van der Waals surface area contributed by atoms with Gasteiger partial charge in [-0.2, -0.15) is 0 Å². The molecule has 154 valence electrons. The van der Waals surface area contributed by atoms with Gasteiger partial charge >= 0.3 is 0 Å². The van der Waals surface area contributed by atoms with E-state index in [9.17, 15) is 14.4 Å². The van der Waals surface area contributed by atoms with Gasteiger partial charge in [0.25, 0.3) is 11.8 Å². The van der Waals surface area contributed by atoms with Gasteiger partial charge in [-0.05, 0) is 51.0 Å². The highest BCUT2D eigenvalue weighted by molar-refractivity contribution is 5.92. The molecule has 28 heavy (non-hydrogen) atoms. The van der Waals surface area contributed by atoms with Gasteiger partial charge in [0, 0.05) is 6.92 Å². The lowest BCUT2D eigenvalue weighted by molar-refractivity contribution is -0.138. The van der Waals surface area contributed by atoms with E-state index in [4.69, 9.17) is 9.47 Å². The average molecular weight is 391 g/mol. The van der Waals surface area contributed by atoms with Gasteiger partial charge < -0.3 is 14.8 Å². The maximum atomic E-state index is 12.6. The van der Waals surface area contributed by atoms with Crippen molar-refractivity contribution in [2.45, 2.75) is 64.5 Å². The van der Waals surface area contributed by atoms with E-state index < -0.39 is 23.5 Å². The van der Waals surface area contributed by atoms with Crippen LogP contribution in [-0.2, 0) is 14.4 Å². The van der Waals surface area contributed by atoms with Crippen molar-refractivity contribution < 1.29 is 23.9 Å². The highest BCUT2D eigenvalue weighted by Crippen LogP contribution is 2.28. The summed E-state index contributed by atoms with van der Waals surface area (Å²) in [6.45, 7) is 5.43. The molecule has 0 heterocycles. The zero-order valence-electron chi connectivity index (χ0n) is 16.7. The Morgan fingerprint density at radius 3 is 2.21 bits per heavy atom. The molecule has 1 aromatic carbocycles. The molecule has 0 bridgehead atoms. The summed E-state index contributed by atoms with van der Waals surface area (Å²) >= 11 is 0. The second-order valence-electron chi connectivity index (χ2n) is 6.93. The number of ether oxygens (including phenoxy) is 2. The van der Waals surface area contributed by atoms with Crippen LogP contribution in [0.15, 0.2) is 24.3 Å². The minimum Gasteiger partial charge on any atom is -0.494 e. The Bertz CT molecular complexity index is 684. The normalized spacial score (nSPS) is 16.4. The van der Waals surface area contributed by atoms with Gasteiger partial charge in [0.2, 0.25) is 5.91 Å². The van der Waals surface area contributed by atoms with Gasteiger partial charge in [-0.3, -0.25) is 25.2 Å². The molecular weight excluding hydrogens is 362 g/mol.